The molecule has 2 N–H and O–H groups in total. The highest BCUT2D eigenvalue weighted by molar-refractivity contribution is 7.13. The van der Waals surface area contributed by atoms with Gasteiger partial charge in [-0.3, -0.25) is 14.5 Å². The van der Waals surface area contributed by atoms with Gasteiger partial charge in [0.05, 0.1) is 6.10 Å². The molecule has 1 aliphatic heterocycles. The standard InChI is InChI=1S/C13H20N4O3S/c1-10(18)17-6-5-16(8-11(19)9-17)4-2-12(20)15-13-14-3-7-21-13/h3,7,11,19H,2,4-6,8-9H2,1H3,(H,14,15,20). The molecule has 0 aromatic carbocycles. The molecule has 21 heavy (non-hydrogen) atoms. The lowest BCUT2D eigenvalue weighted by Gasteiger charge is -2.20. The van der Waals surface area contributed by atoms with Crippen molar-refractivity contribution >= 4 is 28.3 Å². The molecule has 1 unspecified atom stereocenters. The van der Waals surface area contributed by atoms with E-state index in [1.807, 2.05) is 4.90 Å². The molecule has 116 valence electrons. The minimum absolute atomic E-state index is 0.0302. The number of nitrogens with zero attached hydrogens (tertiary/aromatic N) is 3. The zero-order valence-electron chi connectivity index (χ0n) is 12.0. The molecule has 1 saturated heterocycles. The lowest BCUT2D eigenvalue weighted by atomic mass is 10.3. The Kier molecular flexibility index (Phi) is 5.66. The minimum Gasteiger partial charge on any atom is -0.390 e. The van der Waals surface area contributed by atoms with Crippen LogP contribution in [0.25, 0.3) is 0 Å². The number of carbonyl (C=O) groups excluding carboxylic acids is 2. The predicted octanol–water partition coefficient (Wildman–Crippen LogP) is -0.00330. The SMILES string of the molecule is CC(=O)N1CCN(CCC(=O)Nc2nccs2)CC(O)C1. The lowest BCUT2D eigenvalue weighted by molar-refractivity contribution is -0.129. The third-order valence-corrected chi connectivity index (χ3v) is 4.05. The second kappa shape index (κ2) is 7.48. The van der Waals surface area contributed by atoms with Crippen molar-refractivity contribution in [3.8, 4) is 0 Å². The van der Waals surface area contributed by atoms with E-state index in [0.29, 0.717) is 44.3 Å². The fourth-order valence-corrected chi connectivity index (χ4v) is 2.82. The number of rotatable bonds is 4. The summed E-state index contributed by atoms with van der Waals surface area (Å²) in [5, 5.41) is 15.0. The number of aliphatic hydroxyl groups excluding tert-OH is 1. The maximum atomic E-state index is 11.8. The third kappa shape index (κ3) is 5.07. The molecule has 1 aliphatic rings. The Balaban J connectivity index is 1.77. The third-order valence-electron chi connectivity index (χ3n) is 3.37. The summed E-state index contributed by atoms with van der Waals surface area (Å²) in [6.07, 6.45) is 1.41. The maximum absolute atomic E-state index is 11.8. The van der Waals surface area contributed by atoms with Gasteiger partial charge in [0.25, 0.3) is 0 Å². The van der Waals surface area contributed by atoms with E-state index < -0.39 is 6.10 Å². The minimum atomic E-state index is -0.571. The molecule has 1 aromatic rings. The molecule has 8 heteroatoms. The van der Waals surface area contributed by atoms with Crippen molar-refractivity contribution < 1.29 is 14.7 Å². The van der Waals surface area contributed by atoms with Crippen LogP contribution in [-0.2, 0) is 9.59 Å². The number of hydrogen-bond acceptors (Lipinski definition) is 6. The molecule has 2 amide bonds. The molecule has 0 bridgehead atoms. The smallest absolute Gasteiger partial charge is 0.227 e. The number of nitrogens with one attached hydrogen (secondary N) is 1. The van der Waals surface area contributed by atoms with E-state index in [0.717, 1.165) is 0 Å². The van der Waals surface area contributed by atoms with E-state index in [9.17, 15) is 14.7 Å². The van der Waals surface area contributed by atoms with E-state index in [2.05, 4.69) is 10.3 Å². The average molecular weight is 312 g/mol. The second-order valence-corrected chi connectivity index (χ2v) is 5.95. The Morgan fingerprint density at radius 1 is 1.48 bits per heavy atom. The number of β-amino-alcohol motifs (C(OH)–C–C–N with tert-alkyl or cyclic N) is 1. The van der Waals surface area contributed by atoms with Crippen LogP contribution in [0.15, 0.2) is 11.6 Å². The first-order valence-corrected chi connectivity index (χ1v) is 7.78. The summed E-state index contributed by atoms with van der Waals surface area (Å²) in [5.41, 5.74) is 0. The number of carbonyl (C=O) groups is 2. The molecule has 0 radical (unpaired) electrons. The van der Waals surface area contributed by atoms with E-state index in [4.69, 9.17) is 0 Å². The summed E-state index contributed by atoms with van der Waals surface area (Å²) in [5.74, 6) is -0.121. The Hall–Kier alpha value is -1.51. The quantitative estimate of drug-likeness (QED) is 0.817. The first kappa shape index (κ1) is 15.9. The van der Waals surface area contributed by atoms with Crippen LogP contribution in [0.5, 0.6) is 0 Å². The maximum Gasteiger partial charge on any atom is 0.227 e. The van der Waals surface area contributed by atoms with Gasteiger partial charge in [0, 0.05) is 57.6 Å². The number of aromatic nitrogens is 1. The van der Waals surface area contributed by atoms with Gasteiger partial charge in [-0.25, -0.2) is 4.98 Å². The van der Waals surface area contributed by atoms with E-state index >= 15 is 0 Å². The van der Waals surface area contributed by atoms with Crippen molar-refractivity contribution in [3.05, 3.63) is 11.6 Å². The van der Waals surface area contributed by atoms with Crippen molar-refractivity contribution in [1.29, 1.82) is 0 Å². The zero-order chi connectivity index (χ0) is 15.2. The van der Waals surface area contributed by atoms with Crippen molar-refractivity contribution in [2.24, 2.45) is 0 Å². The molecule has 1 aromatic heterocycles. The summed E-state index contributed by atoms with van der Waals surface area (Å²) < 4.78 is 0. The van der Waals surface area contributed by atoms with Crippen molar-refractivity contribution in [3.63, 3.8) is 0 Å². The van der Waals surface area contributed by atoms with Crippen LogP contribution in [-0.4, -0.2) is 70.5 Å². The van der Waals surface area contributed by atoms with Gasteiger partial charge in [0.2, 0.25) is 11.8 Å². The van der Waals surface area contributed by atoms with Gasteiger partial charge in [-0.05, 0) is 0 Å². The molecule has 2 rings (SSSR count). The monoisotopic (exact) mass is 312 g/mol. The number of hydrogen-bond donors (Lipinski definition) is 2. The Bertz CT molecular complexity index is 480. The average Bonchev–Trinajstić information content (AvgIpc) is 2.84. The molecule has 0 saturated carbocycles. The topological polar surface area (TPSA) is 85.8 Å². The molecule has 7 nitrogen and oxygen atoms in total. The van der Waals surface area contributed by atoms with Crippen molar-refractivity contribution in [1.82, 2.24) is 14.8 Å². The number of thiazole rings is 1. The van der Waals surface area contributed by atoms with E-state index in [1.165, 1.54) is 18.3 Å². The lowest BCUT2D eigenvalue weighted by Crippen LogP contribution is -2.36. The molecular weight excluding hydrogens is 292 g/mol. The Labute approximate surface area is 127 Å². The molecule has 0 spiro atoms. The molecular formula is C13H20N4O3S. The summed E-state index contributed by atoms with van der Waals surface area (Å²) in [6.45, 7) is 4.15. The summed E-state index contributed by atoms with van der Waals surface area (Å²) in [4.78, 5) is 30.8. The normalized spacial score (nSPS) is 20.1. The van der Waals surface area contributed by atoms with Gasteiger partial charge in [-0.1, -0.05) is 0 Å². The first-order chi connectivity index (χ1) is 10.0. The molecule has 0 aliphatic carbocycles. The van der Waals surface area contributed by atoms with Crippen LogP contribution in [0.2, 0.25) is 0 Å². The van der Waals surface area contributed by atoms with Crippen molar-refractivity contribution in [2.45, 2.75) is 19.4 Å². The second-order valence-electron chi connectivity index (χ2n) is 5.05. The van der Waals surface area contributed by atoms with Crippen molar-refractivity contribution in [2.75, 3.05) is 38.0 Å². The number of aliphatic hydroxyl groups is 1. The van der Waals surface area contributed by atoms with Crippen LogP contribution in [0, 0.1) is 0 Å². The largest absolute Gasteiger partial charge is 0.390 e. The Morgan fingerprint density at radius 2 is 2.29 bits per heavy atom. The van der Waals surface area contributed by atoms with Crippen LogP contribution < -0.4 is 5.32 Å². The highest BCUT2D eigenvalue weighted by Gasteiger charge is 2.22. The summed E-state index contributed by atoms with van der Waals surface area (Å²) in [6, 6.07) is 0. The fourth-order valence-electron chi connectivity index (χ4n) is 2.27. The number of amides is 2. The number of anilines is 1. The van der Waals surface area contributed by atoms with Gasteiger partial charge in [-0.2, -0.15) is 0 Å². The molecule has 2 heterocycles. The van der Waals surface area contributed by atoms with Crippen LogP contribution in [0.1, 0.15) is 13.3 Å². The van der Waals surface area contributed by atoms with Gasteiger partial charge in [0.15, 0.2) is 5.13 Å². The first-order valence-electron chi connectivity index (χ1n) is 6.90. The zero-order valence-corrected chi connectivity index (χ0v) is 12.8. The fraction of sp³-hybridized carbons (Fsp3) is 0.615. The predicted molar refractivity (Wildman–Crippen MR) is 80.1 cm³/mol. The van der Waals surface area contributed by atoms with Gasteiger partial charge in [-0.15, -0.1) is 11.3 Å². The van der Waals surface area contributed by atoms with Crippen LogP contribution in [0.4, 0.5) is 5.13 Å². The molecule has 1 fully saturated rings. The summed E-state index contributed by atoms with van der Waals surface area (Å²) in [7, 11) is 0. The Morgan fingerprint density at radius 3 is 2.95 bits per heavy atom. The van der Waals surface area contributed by atoms with E-state index in [-0.39, 0.29) is 11.8 Å². The van der Waals surface area contributed by atoms with Crippen LogP contribution in [0.3, 0.4) is 0 Å². The van der Waals surface area contributed by atoms with Gasteiger partial charge < -0.3 is 15.3 Å². The van der Waals surface area contributed by atoms with Crippen LogP contribution >= 0.6 is 11.3 Å². The van der Waals surface area contributed by atoms with Gasteiger partial charge >= 0.3 is 0 Å². The summed E-state index contributed by atoms with van der Waals surface area (Å²) >= 11 is 1.38. The highest BCUT2D eigenvalue weighted by atomic mass is 32.1. The molecule has 1 atom stereocenters. The van der Waals surface area contributed by atoms with E-state index in [1.54, 1.807) is 16.5 Å². The van der Waals surface area contributed by atoms with Gasteiger partial charge in [0.1, 0.15) is 0 Å². The highest BCUT2D eigenvalue weighted by Crippen LogP contribution is 2.11.